The fraction of sp³-hybridized carbons (Fsp3) is 0.286. The highest BCUT2D eigenvalue weighted by Crippen LogP contribution is 2.09. The molecule has 1 unspecified atom stereocenters. The summed E-state index contributed by atoms with van der Waals surface area (Å²) < 4.78 is 0. The van der Waals surface area contributed by atoms with Gasteiger partial charge in [0.1, 0.15) is 0 Å². The van der Waals surface area contributed by atoms with E-state index in [2.05, 4.69) is 34.6 Å². The fourth-order valence-corrected chi connectivity index (χ4v) is 1.84. The van der Waals surface area contributed by atoms with Gasteiger partial charge in [0.05, 0.1) is 11.9 Å². The summed E-state index contributed by atoms with van der Waals surface area (Å²) in [5.41, 5.74) is 1.91. The molecule has 2 aromatic rings. The van der Waals surface area contributed by atoms with Crippen LogP contribution in [-0.2, 0) is 6.42 Å². The third-order valence-corrected chi connectivity index (χ3v) is 2.79. The molecule has 18 heavy (non-hydrogen) atoms. The summed E-state index contributed by atoms with van der Waals surface area (Å²) in [5.74, 6) is 0. The number of aryl methyl sites for hydroxylation is 1. The standard InChI is InChI=1S/C14H17N3O/c1-11(7-8-12-5-3-2-4-6-12)16-13-9-14(18)17-15-10-13/h2-6,9-11H,7-8H2,1H3,(H2,16,17,18). The van der Waals surface area contributed by atoms with Crippen LogP contribution in [0, 0.1) is 0 Å². The lowest BCUT2D eigenvalue weighted by Gasteiger charge is -2.14. The number of H-pyrrole nitrogens is 1. The summed E-state index contributed by atoms with van der Waals surface area (Å²) in [6.07, 6.45) is 3.66. The summed E-state index contributed by atoms with van der Waals surface area (Å²) in [5, 5.41) is 9.38. The fourth-order valence-electron chi connectivity index (χ4n) is 1.84. The van der Waals surface area contributed by atoms with Crippen LogP contribution in [-0.4, -0.2) is 16.2 Å². The maximum absolute atomic E-state index is 11.1. The van der Waals surface area contributed by atoms with E-state index in [1.807, 2.05) is 18.2 Å². The summed E-state index contributed by atoms with van der Waals surface area (Å²) in [4.78, 5) is 11.1. The molecule has 0 amide bonds. The molecule has 0 radical (unpaired) electrons. The molecule has 0 saturated carbocycles. The molecule has 0 bridgehead atoms. The molecule has 0 saturated heterocycles. The lowest BCUT2D eigenvalue weighted by molar-refractivity contribution is 0.705. The van der Waals surface area contributed by atoms with E-state index in [4.69, 9.17) is 0 Å². The first-order chi connectivity index (χ1) is 8.74. The van der Waals surface area contributed by atoms with Crippen LogP contribution in [0.2, 0.25) is 0 Å². The third kappa shape index (κ3) is 3.73. The molecule has 4 nitrogen and oxygen atoms in total. The number of aromatic amines is 1. The summed E-state index contributed by atoms with van der Waals surface area (Å²) >= 11 is 0. The van der Waals surface area contributed by atoms with Gasteiger partial charge in [0.15, 0.2) is 0 Å². The lowest BCUT2D eigenvalue weighted by atomic mass is 10.1. The average molecular weight is 243 g/mol. The second-order valence-electron chi connectivity index (χ2n) is 4.40. The summed E-state index contributed by atoms with van der Waals surface area (Å²) in [6, 6.07) is 12.2. The Labute approximate surface area is 106 Å². The summed E-state index contributed by atoms with van der Waals surface area (Å²) in [6.45, 7) is 2.10. The first-order valence-corrected chi connectivity index (χ1v) is 6.09. The Morgan fingerprint density at radius 3 is 2.83 bits per heavy atom. The number of hydrogen-bond donors (Lipinski definition) is 2. The highest BCUT2D eigenvalue weighted by Gasteiger charge is 2.03. The van der Waals surface area contributed by atoms with Gasteiger partial charge in [-0.25, -0.2) is 5.10 Å². The second kappa shape index (κ2) is 6.00. The van der Waals surface area contributed by atoms with Gasteiger partial charge < -0.3 is 5.32 Å². The van der Waals surface area contributed by atoms with Crippen LogP contribution in [0.3, 0.4) is 0 Å². The summed E-state index contributed by atoms with van der Waals surface area (Å²) in [7, 11) is 0. The van der Waals surface area contributed by atoms with E-state index in [0.29, 0.717) is 6.04 Å². The number of benzene rings is 1. The van der Waals surface area contributed by atoms with E-state index in [1.165, 1.54) is 11.6 Å². The molecular weight excluding hydrogens is 226 g/mol. The van der Waals surface area contributed by atoms with Crippen molar-refractivity contribution < 1.29 is 0 Å². The Morgan fingerprint density at radius 2 is 2.11 bits per heavy atom. The van der Waals surface area contributed by atoms with Crippen molar-refractivity contribution in [2.24, 2.45) is 0 Å². The zero-order valence-corrected chi connectivity index (χ0v) is 10.4. The smallest absolute Gasteiger partial charge is 0.266 e. The van der Waals surface area contributed by atoms with Crippen molar-refractivity contribution in [2.45, 2.75) is 25.8 Å². The van der Waals surface area contributed by atoms with Crippen LogP contribution in [0.1, 0.15) is 18.9 Å². The van der Waals surface area contributed by atoms with E-state index >= 15 is 0 Å². The van der Waals surface area contributed by atoms with Crippen LogP contribution < -0.4 is 10.9 Å². The van der Waals surface area contributed by atoms with Crippen molar-refractivity contribution in [3.05, 3.63) is 58.5 Å². The van der Waals surface area contributed by atoms with Crippen molar-refractivity contribution in [2.75, 3.05) is 5.32 Å². The number of nitrogens with zero attached hydrogens (tertiary/aromatic N) is 1. The molecule has 1 aromatic heterocycles. The predicted octanol–water partition coefficient (Wildman–Crippen LogP) is 2.20. The maximum Gasteiger partial charge on any atom is 0.266 e. The quantitative estimate of drug-likeness (QED) is 0.846. The molecule has 0 aliphatic carbocycles. The highest BCUT2D eigenvalue weighted by atomic mass is 16.1. The van der Waals surface area contributed by atoms with Crippen molar-refractivity contribution in [1.29, 1.82) is 0 Å². The Morgan fingerprint density at radius 1 is 1.33 bits per heavy atom. The lowest BCUT2D eigenvalue weighted by Crippen LogP contribution is -2.18. The molecule has 0 spiro atoms. The van der Waals surface area contributed by atoms with Gasteiger partial charge in [-0.05, 0) is 25.3 Å². The Balaban J connectivity index is 1.86. The van der Waals surface area contributed by atoms with Crippen molar-refractivity contribution >= 4 is 5.69 Å². The van der Waals surface area contributed by atoms with Crippen LogP contribution in [0.15, 0.2) is 47.4 Å². The minimum Gasteiger partial charge on any atom is -0.381 e. The minimum atomic E-state index is -0.185. The molecule has 94 valence electrons. The van der Waals surface area contributed by atoms with E-state index in [1.54, 1.807) is 6.20 Å². The minimum absolute atomic E-state index is 0.185. The van der Waals surface area contributed by atoms with E-state index in [9.17, 15) is 4.79 Å². The van der Waals surface area contributed by atoms with Gasteiger partial charge in [0.25, 0.3) is 5.56 Å². The Hall–Kier alpha value is -2.10. The van der Waals surface area contributed by atoms with Gasteiger partial charge >= 0.3 is 0 Å². The van der Waals surface area contributed by atoms with Crippen molar-refractivity contribution in [3.63, 3.8) is 0 Å². The topological polar surface area (TPSA) is 57.8 Å². The number of rotatable bonds is 5. The average Bonchev–Trinajstić information content (AvgIpc) is 2.38. The van der Waals surface area contributed by atoms with Crippen LogP contribution in [0.5, 0.6) is 0 Å². The second-order valence-corrected chi connectivity index (χ2v) is 4.40. The molecule has 2 rings (SSSR count). The molecule has 0 fully saturated rings. The first kappa shape index (κ1) is 12.4. The predicted molar refractivity (Wildman–Crippen MR) is 72.7 cm³/mol. The normalized spacial score (nSPS) is 12.1. The first-order valence-electron chi connectivity index (χ1n) is 6.09. The zero-order chi connectivity index (χ0) is 12.8. The van der Waals surface area contributed by atoms with Crippen LogP contribution in [0.4, 0.5) is 5.69 Å². The van der Waals surface area contributed by atoms with Crippen molar-refractivity contribution in [3.8, 4) is 0 Å². The highest BCUT2D eigenvalue weighted by molar-refractivity contribution is 5.39. The van der Waals surface area contributed by atoms with Crippen LogP contribution >= 0.6 is 0 Å². The van der Waals surface area contributed by atoms with Gasteiger partial charge in [-0.1, -0.05) is 30.3 Å². The van der Waals surface area contributed by atoms with Crippen molar-refractivity contribution in [1.82, 2.24) is 10.2 Å². The van der Waals surface area contributed by atoms with Gasteiger partial charge in [-0.15, -0.1) is 0 Å². The number of hydrogen-bond acceptors (Lipinski definition) is 3. The monoisotopic (exact) mass is 243 g/mol. The number of anilines is 1. The van der Waals surface area contributed by atoms with Gasteiger partial charge in [-0.2, -0.15) is 5.10 Å². The number of nitrogens with one attached hydrogen (secondary N) is 2. The van der Waals surface area contributed by atoms with Gasteiger partial charge in [-0.3, -0.25) is 4.79 Å². The molecule has 4 heteroatoms. The molecular formula is C14H17N3O. The Kier molecular flexibility index (Phi) is 4.12. The van der Waals surface area contributed by atoms with E-state index < -0.39 is 0 Å². The molecule has 2 N–H and O–H groups in total. The maximum atomic E-state index is 11.1. The molecule has 0 aliphatic rings. The van der Waals surface area contributed by atoms with Gasteiger partial charge in [0, 0.05) is 12.1 Å². The third-order valence-electron chi connectivity index (χ3n) is 2.79. The van der Waals surface area contributed by atoms with Crippen LogP contribution in [0.25, 0.3) is 0 Å². The Bertz CT molecular complexity index is 536. The van der Waals surface area contributed by atoms with E-state index in [-0.39, 0.29) is 5.56 Å². The SMILES string of the molecule is CC(CCc1ccccc1)Nc1cn[nH]c(=O)c1. The number of aromatic nitrogens is 2. The zero-order valence-electron chi connectivity index (χ0n) is 10.4. The molecule has 1 atom stereocenters. The van der Waals surface area contributed by atoms with Gasteiger partial charge in [0.2, 0.25) is 0 Å². The molecule has 0 aliphatic heterocycles. The molecule has 1 aromatic carbocycles. The largest absolute Gasteiger partial charge is 0.381 e. The van der Waals surface area contributed by atoms with E-state index in [0.717, 1.165) is 18.5 Å². The molecule has 1 heterocycles.